The molecule has 0 N–H and O–H groups in total. The number of rotatable bonds is 49. The number of carbonyl (C=O) groups is 3. The monoisotopic (exact) mass is 895 g/mol. The first-order chi connectivity index (χ1) is 31.5. The summed E-state index contributed by atoms with van der Waals surface area (Å²) in [5.41, 5.74) is 0. The average Bonchev–Trinajstić information content (AvgIpc) is 3.29. The zero-order valence-electron chi connectivity index (χ0n) is 42.3. The highest BCUT2D eigenvalue weighted by Crippen LogP contribution is 2.16. The highest BCUT2D eigenvalue weighted by Gasteiger charge is 2.19. The van der Waals surface area contributed by atoms with Gasteiger partial charge in [-0.1, -0.05) is 229 Å². The van der Waals surface area contributed by atoms with E-state index in [0.29, 0.717) is 19.3 Å². The molecule has 370 valence electrons. The molecule has 0 aromatic carbocycles. The van der Waals surface area contributed by atoms with Crippen LogP contribution >= 0.6 is 0 Å². The normalized spacial score (nSPS) is 12.5. The van der Waals surface area contributed by atoms with E-state index in [1.54, 1.807) is 0 Å². The van der Waals surface area contributed by atoms with Crippen LogP contribution in [-0.2, 0) is 28.6 Å². The van der Waals surface area contributed by atoms with Crippen LogP contribution in [0.25, 0.3) is 0 Å². The second kappa shape index (κ2) is 52.7. The van der Waals surface area contributed by atoms with Crippen LogP contribution in [0.2, 0.25) is 0 Å². The van der Waals surface area contributed by atoms with E-state index in [1.165, 1.54) is 141 Å². The van der Waals surface area contributed by atoms with E-state index in [1.807, 2.05) is 0 Å². The van der Waals surface area contributed by atoms with E-state index in [0.717, 1.165) is 89.9 Å². The molecule has 0 heterocycles. The lowest BCUT2D eigenvalue weighted by Gasteiger charge is -2.18. The highest BCUT2D eigenvalue weighted by atomic mass is 16.6. The first-order valence-electron chi connectivity index (χ1n) is 27.3. The van der Waals surface area contributed by atoms with Crippen LogP contribution in [0, 0.1) is 0 Å². The van der Waals surface area contributed by atoms with Crippen LogP contribution in [0.15, 0.2) is 60.8 Å². The van der Waals surface area contributed by atoms with Gasteiger partial charge in [0.25, 0.3) is 0 Å². The second-order valence-electron chi connectivity index (χ2n) is 18.1. The Bertz CT molecular complexity index is 1170. The number of hydrogen-bond acceptors (Lipinski definition) is 6. The molecule has 0 saturated heterocycles. The molecule has 0 aromatic rings. The molecule has 0 aliphatic heterocycles. The van der Waals surface area contributed by atoms with E-state index >= 15 is 0 Å². The molecule has 0 amide bonds. The van der Waals surface area contributed by atoms with Crippen molar-refractivity contribution in [3.8, 4) is 0 Å². The molecule has 0 rings (SSSR count). The van der Waals surface area contributed by atoms with Crippen molar-refractivity contribution in [1.29, 1.82) is 0 Å². The van der Waals surface area contributed by atoms with Gasteiger partial charge in [-0.15, -0.1) is 0 Å². The van der Waals surface area contributed by atoms with Gasteiger partial charge in [-0.3, -0.25) is 14.4 Å². The van der Waals surface area contributed by atoms with Gasteiger partial charge in [-0.05, 0) is 83.5 Å². The molecular formula is C58H102O6. The maximum Gasteiger partial charge on any atom is 0.306 e. The molecule has 0 aliphatic carbocycles. The van der Waals surface area contributed by atoms with E-state index in [2.05, 4.69) is 81.5 Å². The summed E-state index contributed by atoms with van der Waals surface area (Å²) in [6.07, 6.45) is 64.9. The van der Waals surface area contributed by atoms with Crippen LogP contribution in [0.4, 0.5) is 0 Å². The summed E-state index contributed by atoms with van der Waals surface area (Å²) < 4.78 is 16.8. The molecule has 0 bridgehead atoms. The lowest BCUT2D eigenvalue weighted by molar-refractivity contribution is -0.167. The standard InChI is InChI=1S/C58H102O6/c1-4-7-10-13-16-19-22-25-27-28-29-30-31-34-36-39-42-45-48-51-57(60)63-54-55(53-62-56(59)50-47-44-41-38-35-32-24-21-18-15-12-9-6-3)64-58(61)52-49-46-43-40-37-33-26-23-20-17-14-11-8-5-2/h9,12,16,18-19,21,25,27,32,35,55H,4-8,10-11,13-15,17,20,22-24,26,28-31,33-34,36-54H2,1-3H3/b12-9-,19-16-,21-18-,27-25-,35-32-. The zero-order chi connectivity index (χ0) is 46.5. The summed E-state index contributed by atoms with van der Waals surface area (Å²) >= 11 is 0. The Labute approximate surface area is 396 Å². The van der Waals surface area contributed by atoms with Crippen molar-refractivity contribution in [2.45, 2.75) is 277 Å². The van der Waals surface area contributed by atoms with Crippen molar-refractivity contribution < 1.29 is 28.6 Å². The van der Waals surface area contributed by atoms with E-state index in [-0.39, 0.29) is 31.1 Å². The molecule has 6 heteroatoms. The Balaban J connectivity index is 4.37. The fourth-order valence-corrected chi connectivity index (χ4v) is 7.66. The Morgan fingerprint density at radius 2 is 0.609 bits per heavy atom. The minimum Gasteiger partial charge on any atom is -0.462 e. The van der Waals surface area contributed by atoms with Gasteiger partial charge in [0.1, 0.15) is 13.2 Å². The smallest absolute Gasteiger partial charge is 0.306 e. The summed E-state index contributed by atoms with van der Waals surface area (Å²) in [6.45, 7) is 6.49. The molecule has 0 radical (unpaired) electrons. The fraction of sp³-hybridized carbons (Fsp3) is 0.776. The Morgan fingerprint density at radius 3 is 1.00 bits per heavy atom. The van der Waals surface area contributed by atoms with Crippen LogP contribution in [0.5, 0.6) is 0 Å². The quantitative estimate of drug-likeness (QED) is 0.0262. The van der Waals surface area contributed by atoms with Gasteiger partial charge in [-0.25, -0.2) is 0 Å². The Morgan fingerprint density at radius 1 is 0.328 bits per heavy atom. The Kier molecular flexibility index (Phi) is 50.4. The molecule has 64 heavy (non-hydrogen) atoms. The molecule has 6 nitrogen and oxygen atoms in total. The average molecular weight is 895 g/mol. The maximum atomic E-state index is 12.8. The SMILES string of the molecule is CC/C=C\C/C=C\C/C=C\CCCCCC(=O)OCC(COC(=O)CCCCCCCCCCC/C=C\C/C=C\CCCCC)OC(=O)CCCCCCCCCCCCCCCC. The largest absolute Gasteiger partial charge is 0.462 e. The lowest BCUT2D eigenvalue weighted by atomic mass is 10.0. The van der Waals surface area contributed by atoms with Gasteiger partial charge in [0, 0.05) is 19.3 Å². The van der Waals surface area contributed by atoms with Crippen molar-refractivity contribution in [1.82, 2.24) is 0 Å². The minimum absolute atomic E-state index is 0.0838. The van der Waals surface area contributed by atoms with Crippen LogP contribution in [0.3, 0.4) is 0 Å². The minimum atomic E-state index is -0.785. The van der Waals surface area contributed by atoms with Crippen LogP contribution in [0.1, 0.15) is 271 Å². The van der Waals surface area contributed by atoms with Crippen molar-refractivity contribution in [3.63, 3.8) is 0 Å². The molecule has 0 fully saturated rings. The van der Waals surface area contributed by atoms with Crippen molar-refractivity contribution in [3.05, 3.63) is 60.8 Å². The van der Waals surface area contributed by atoms with Crippen LogP contribution in [-0.4, -0.2) is 37.2 Å². The molecular weight excluding hydrogens is 793 g/mol. The second-order valence-corrected chi connectivity index (χ2v) is 18.1. The van der Waals surface area contributed by atoms with E-state index in [4.69, 9.17) is 14.2 Å². The third-order valence-electron chi connectivity index (χ3n) is 11.8. The number of unbranched alkanes of at least 4 members (excludes halogenated alkanes) is 28. The number of esters is 3. The molecule has 0 spiro atoms. The predicted molar refractivity (Wildman–Crippen MR) is 275 cm³/mol. The third-order valence-corrected chi connectivity index (χ3v) is 11.8. The fourth-order valence-electron chi connectivity index (χ4n) is 7.66. The van der Waals surface area contributed by atoms with Crippen molar-refractivity contribution in [2.75, 3.05) is 13.2 Å². The maximum absolute atomic E-state index is 12.8. The summed E-state index contributed by atoms with van der Waals surface area (Å²) in [4.78, 5) is 38.0. The summed E-state index contributed by atoms with van der Waals surface area (Å²) in [6, 6.07) is 0. The van der Waals surface area contributed by atoms with Gasteiger partial charge in [0.15, 0.2) is 6.10 Å². The topological polar surface area (TPSA) is 78.9 Å². The molecule has 0 aromatic heterocycles. The third kappa shape index (κ3) is 50.1. The van der Waals surface area contributed by atoms with Gasteiger partial charge < -0.3 is 14.2 Å². The first kappa shape index (κ1) is 61.1. The van der Waals surface area contributed by atoms with Crippen LogP contribution < -0.4 is 0 Å². The van der Waals surface area contributed by atoms with Gasteiger partial charge in [-0.2, -0.15) is 0 Å². The zero-order valence-corrected chi connectivity index (χ0v) is 42.3. The summed E-state index contributed by atoms with van der Waals surface area (Å²) in [5.74, 6) is -0.909. The van der Waals surface area contributed by atoms with Crippen molar-refractivity contribution in [2.24, 2.45) is 0 Å². The molecule has 0 saturated carbocycles. The van der Waals surface area contributed by atoms with Gasteiger partial charge >= 0.3 is 17.9 Å². The van der Waals surface area contributed by atoms with E-state index in [9.17, 15) is 14.4 Å². The van der Waals surface area contributed by atoms with Gasteiger partial charge in [0.2, 0.25) is 0 Å². The number of allylic oxidation sites excluding steroid dienone is 10. The lowest BCUT2D eigenvalue weighted by Crippen LogP contribution is -2.30. The first-order valence-corrected chi connectivity index (χ1v) is 27.3. The van der Waals surface area contributed by atoms with E-state index < -0.39 is 6.10 Å². The highest BCUT2D eigenvalue weighted by molar-refractivity contribution is 5.71. The number of carbonyl (C=O) groups excluding carboxylic acids is 3. The van der Waals surface area contributed by atoms with Gasteiger partial charge in [0.05, 0.1) is 0 Å². The summed E-state index contributed by atoms with van der Waals surface area (Å²) in [5, 5.41) is 0. The predicted octanol–water partition coefficient (Wildman–Crippen LogP) is 18.0. The molecule has 1 atom stereocenters. The molecule has 1 unspecified atom stereocenters. The number of hydrogen-bond donors (Lipinski definition) is 0. The van der Waals surface area contributed by atoms with Crippen molar-refractivity contribution >= 4 is 17.9 Å². The molecule has 0 aliphatic rings. The number of ether oxygens (including phenoxy) is 3. The summed E-state index contributed by atoms with van der Waals surface area (Å²) in [7, 11) is 0. The Hall–Kier alpha value is -2.89.